The van der Waals surface area contributed by atoms with Gasteiger partial charge >= 0.3 is 6.18 Å². The zero-order valence-corrected chi connectivity index (χ0v) is 21.1. The van der Waals surface area contributed by atoms with Gasteiger partial charge < -0.3 is 16.0 Å². The third kappa shape index (κ3) is 6.74. The molecule has 200 valence electrons. The van der Waals surface area contributed by atoms with Crippen molar-refractivity contribution in [2.24, 2.45) is 5.92 Å². The Balaban J connectivity index is 1.43. The number of benzene rings is 2. The number of rotatable bonds is 6. The van der Waals surface area contributed by atoms with Crippen LogP contribution in [0.15, 0.2) is 30.3 Å². The van der Waals surface area contributed by atoms with Crippen LogP contribution in [0.2, 0.25) is 5.02 Å². The summed E-state index contributed by atoms with van der Waals surface area (Å²) in [4.78, 5) is 24.4. The van der Waals surface area contributed by atoms with E-state index in [0.29, 0.717) is 27.5 Å². The van der Waals surface area contributed by atoms with E-state index in [1.165, 1.54) is 12.1 Å². The SMILES string of the molecule is O=C(NC1CCCCCC1)c1ccc(CNc2c(Cl)ccc3c2CCC(C(=O)C(F)(F)F)CN3)cc1F. The van der Waals surface area contributed by atoms with Gasteiger partial charge in [0.05, 0.1) is 16.3 Å². The molecule has 1 heterocycles. The number of fused-ring (bicyclic) bond motifs is 1. The van der Waals surface area contributed by atoms with Gasteiger partial charge in [0.1, 0.15) is 5.82 Å². The van der Waals surface area contributed by atoms with Gasteiger partial charge in [-0.3, -0.25) is 9.59 Å². The maximum atomic E-state index is 14.8. The molecule has 1 saturated carbocycles. The van der Waals surface area contributed by atoms with E-state index in [-0.39, 0.29) is 37.5 Å². The fraction of sp³-hybridized carbons (Fsp3) is 0.481. The Morgan fingerprint density at radius 2 is 1.76 bits per heavy atom. The van der Waals surface area contributed by atoms with Crippen molar-refractivity contribution in [2.45, 2.75) is 70.1 Å². The smallest absolute Gasteiger partial charge is 0.384 e. The van der Waals surface area contributed by atoms with Crippen LogP contribution < -0.4 is 16.0 Å². The number of halogens is 5. The number of ketones is 1. The van der Waals surface area contributed by atoms with Crippen LogP contribution in [0.1, 0.15) is 66.4 Å². The quantitative estimate of drug-likeness (QED) is 0.284. The first kappa shape index (κ1) is 27.2. The van der Waals surface area contributed by atoms with Crippen molar-refractivity contribution in [1.82, 2.24) is 5.32 Å². The topological polar surface area (TPSA) is 70.2 Å². The van der Waals surface area contributed by atoms with Crippen molar-refractivity contribution in [3.63, 3.8) is 0 Å². The number of amides is 1. The number of alkyl halides is 3. The van der Waals surface area contributed by atoms with Crippen LogP contribution in [0.25, 0.3) is 0 Å². The molecule has 1 fully saturated rings. The van der Waals surface area contributed by atoms with E-state index in [0.717, 1.165) is 38.5 Å². The van der Waals surface area contributed by atoms with Crippen LogP contribution in [-0.4, -0.2) is 30.5 Å². The highest BCUT2D eigenvalue weighted by Crippen LogP contribution is 2.37. The molecule has 2 aromatic rings. The van der Waals surface area contributed by atoms with Crippen LogP contribution in [0, 0.1) is 11.7 Å². The van der Waals surface area contributed by atoms with E-state index in [4.69, 9.17) is 11.6 Å². The van der Waals surface area contributed by atoms with Crippen molar-refractivity contribution >= 4 is 34.7 Å². The maximum Gasteiger partial charge on any atom is 0.450 e. The van der Waals surface area contributed by atoms with Gasteiger partial charge in [0.2, 0.25) is 5.78 Å². The lowest BCUT2D eigenvalue weighted by molar-refractivity contribution is -0.175. The molecule has 0 saturated heterocycles. The molecule has 4 rings (SSSR count). The van der Waals surface area contributed by atoms with Crippen molar-refractivity contribution in [1.29, 1.82) is 0 Å². The summed E-state index contributed by atoms with van der Waals surface area (Å²) in [7, 11) is 0. The summed E-state index contributed by atoms with van der Waals surface area (Å²) >= 11 is 6.39. The van der Waals surface area contributed by atoms with Gasteiger partial charge in [-0.1, -0.05) is 43.4 Å². The van der Waals surface area contributed by atoms with Gasteiger partial charge in [0.15, 0.2) is 0 Å². The molecule has 0 radical (unpaired) electrons. The minimum atomic E-state index is -4.88. The lowest BCUT2D eigenvalue weighted by Crippen LogP contribution is -2.34. The molecule has 2 aromatic carbocycles. The predicted octanol–water partition coefficient (Wildman–Crippen LogP) is 6.65. The molecule has 1 atom stereocenters. The number of Topliss-reactive ketones (excluding diaryl/α,β-unsaturated/α-hetero) is 1. The molecule has 37 heavy (non-hydrogen) atoms. The Kier molecular flexibility index (Phi) is 8.62. The molecule has 2 aliphatic rings. The summed E-state index contributed by atoms with van der Waals surface area (Å²) in [5.74, 6) is -3.98. The van der Waals surface area contributed by atoms with E-state index in [1.807, 2.05) is 0 Å². The number of nitrogens with one attached hydrogen (secondary N) is 3. The van der Waals surface area contributed by atoms with E-state index in [9.17, 15) is 27.2 Å². The van der Waals surface area contributed by atoms with E-state index >= 15 is 0 Å². The zero-order chi connectivity index (χ0) is 26.6. The van der Waals surface area contributed by atoms with Crippen LogP contribution in [0.3, 0.4) is 0 Å². The number of hydrogen-bond acceptors (Lipinski definition) is 4. The fourth-order valence-corrected chi connectivity index (χ4v) is 5.32. The monoisotopic (exact) mass is 539 g/mol. The Morgan fingerprint density at radius 3 is 2.43 bits per heavy atom. The molecule has 1 aliphatic heterocycles. The highest BCUT2D eigenvalue weighted by atomic mass is 35.5. The lowest BCUT2D eigenvalue weighted by Gasteiger charge is -2.18. The highest BCUT2D eigenvalue weighted by Gasteiger charge is 2.43. The molecule has 1 amide bonds. The minimum Gasteiger partial charge on any atom is -0.384 e. The zero-order valence-electron chi connectivity index (χ0n) is 20.3. The van der Waals surface area contributed by atoms with Crippen molar-refractivity contribution in [2.75, 3.05) is 17.2 Å². The van der Waals surface area contributed by atoms with E-state index < -0.39 is 29.6 Å². The molecule has 0 aromatic heterocycles. The van der Waals surface area contributed by atoms with Crippen molar-refractivity contribution in [3.8, 4) is 0 Å². The molecule has 10 heteroatoms. The van der Waals surface area contributed by atoms with E-state index in [2.05, 4.69) is 16.0 Å². The lowest BCUT2D eigenvalue weighted by atomic mass is 9.96. The Hall–Kier alpha value is -2.81. The summed E-state index contributed by atoms with van der Waals surface area (Å²) in [5.41, 5.74) is 2.35. The first-order valence-electron chi connectivity index (χ1n) is 12.6. The second-order valence-corrected chi connectivity index (χ2v) is 10.2. The molecule has 3 N–H and O–H groups in total. The summed E-state index contributed by atoms with van der Waals surface area (Å²) in [6, 6.07) is 7.75. The molecule has 1 unspecified atom stereocenters. The van der Waals surface area contributed by atoms with E-state index in [1.54, 1.807) is 18.2 Å². The molecule has 1 aliphatic carbocycles. The Morgan fingerprint density at radius 1 is 1.03 bits per heavy atom. The molecule has 5 nitrogen and oxygen atoms in total. The highest BCUT2D eigenvalue weighted by molar-refractivity contribution is 6.33. The standard InChI is InChI=1S/C27H30ClF4N3O2/c28-21-11-12-23-20(10-8-17(15-33-23)25(36)27(30,31)32)24(21)34-14-16-7-9-19(22(29)13-16)26(37)35-18-5-3-1-2-4-6-18/h7,9,11-13,17-18,33-34H,1-6,8,10,14-15H2,(H,35,37). The summed E-state index contributed by atoms with van der Waals surface area (Å²) < 4.78 is 53.6. The summed E-state index contributed by atoms with van der Waals surface area (Å²) in [6.07, 6.45) is 1.56. The average molecular weight is 540 g/mol. The number of carbonyl (C=O) groups is 2. The minimum absolute atomic E-state index is 0.0100. The van der Waals surface area contributed by atoms with Crippen LogP contribution in [-0.2, 0) is 17.8 Å². The van der Waals surface area contributed by atoms with Gasteiger partial charge in [-0.25, -0.2) is 4.39 Å². The molecular formula is C27H30ClF4N3O2. The number of anilines is 2. The van der Waals surface area contributed by atoms with Gasteiger partial charge in [-0.05, 0) is 61.1 Å². The summed E-state index contributed by atoms with van der Waals surface area (Å²) in [5, 5.41) is 9.41. The van der Waals surface area contributed by atoms with Crippen LogP contribution in [0.4, 0.5) is 28.9 Å². The third-order valence-corrected chi connectivity index (χ3v) is 7.45. The van der Waals surface area contributed by atoms with Crippen LogP contribution >= 0.6 is 11.6 Å². The predicted molar refractivity (Wildman–Crippen MR) is 135 cm³/mol. The van der Waals surface area contributed by atoms with Gasteiger partial charge in [-0.2, -0.15) is 13.2 Å². The Labute approximate surface area is 218 Å². The average Bonchev–Trinajstić information content (AvgIpc) is 3.23. The normalized spacial score (nSPS) is 18.7. The summed E-state index contributed by atoms with van der Waals surface area (Å²) in [6.45, 7) is 0.0601. The first-order valence-corrected chi connectivity index (χ1v) is 13.0. The van der Waals surface area contributed by atoms with Crippen molar-refractivity contribution in [3.05, 3.63) is 57.9 Å². The van der Waals surface area contributed by atoms with Crippen LogP contribution in [0.5, 0.6) is 0 Å². The third-order valence-electron chi connectivity index (χ3n) is 7.13. The fourth-order valence-electron chi connectivity index (χ4n) is 5.07. The molecular weight excluding hydrogens is 510 g/mol. The maximum absolute atomic E-state index is 14.8. The second-order valence-electron chi connectivity index (χ2n) is 9.76. The molecule has 0 spiro atoms. The van der Waals surface area contributed by atoms with Gasteiger partial charge in [0.25, 0.3) is 5.91 Å². The van der Waals surface area contributed by atoms with Gasteiger partial charge in [0, 0.05) is 30.7 Å². The number of carbonyl (C=O) groups excluding carboxylic acids is 2. The van der Waals surface area contributed by atoms with Gasteiger partial charge in [-0.15, -0.1) is 0 Å². The van der Waals surface area contributed by atoms with Crippen molar-refractivity contribution < 1.29 is 27.2 Å². The largest absolute Gasteiger partial charge is 0.450 e. The number of hydrogen-bond donors (Lipinski definition) is 3. The second kappa shape index (κ2) is 11.7. The molecule has 0 bridgehead atoms. The first-order chi connectivity index (χ1) is 17.6. The Bertz CT molecular complexity index is 1150.